The van der Waals surface area contributed by atoms with E-state index in [1.54, 1.807) is 22.8 Å². The van der Waals surface area contributed by atoms with Gasteiger partial charge in [-0.1, -0.05) is 59.8 Å². The smallest absolute Gasteiger partial charge is 0.342 e. The van der Waals surface area contributed by atoms with Crippen LogP contribution >= 0.6 is 23.4 Å². The van der Waals surface area contributed by atoms with Crippen molar-refractivity contribution in [3.05, 3.63) is 105 Å². The van der Waals surface area contributed by atoms with Crippen LogP contribution in [0, 0.1) is 6.92 Å². The number of nitrogens with zero attached hydrogens (tertiary/aromatic N) is 3. The number of halogens is 7. The van der Waals surface area contributed by atoms with Crippen LogP contribution in [0.4, 0.5) is 26.3 Å². The molecule has 0 fully saturated rings. The van der Waals surface area contributed by atoms with Gasteiger partial charge in [0.2, 0.25) is 0 Å². The summed E-state index contributed by atoms with van der Waals surface area (Å²) in [6.07, 6.45) is -10.2. The van der Waals surface area contributed by atoms with Gasteiger partial charge in [-0.2, -0.15) is 26.3 Å². The average molecular weight is 599 g/mol. The van der Waals surface area contributed by atoms with E-state index >= 15 is 0 Å². The first-order valence-electron chi connectivity index (χ1n) is 11.7. The Labute approximate surface area is 234 Å². The molecule has 0 aliphatic carbocycles. The standard InChI is InChI=1S/C27H21ClF6N4OS/c1-15-8-9-21(28)13-22(15)38-23(36-37-25(38)40-14-17-6-4-3-5-7-17)16(2)35-24(39)18-10-19(26(29,30)31)12-20(11-18)27(32,33)34/h3-13,16H,14H2,1-2H3,(H,35,39). The number of carbonyl (C=O) groups excluding carboxylic acids is 1. The summed E-state index contributed by atoms with van der Waals surface area (Å²) in [6, 6.07) is 14.4. The lowest BCUT2D eigenvalue weighted by molar-refractivity contribution is -0.143. The van der Waals surface area contributed by atoms with E-state index in [1.165, 1.54) is 18.7 Å². The maximum atomic E-state index is 13.3. The summed E-state index contributed by atoms with van der Waals surface area (Å²) >= 11 is 7.60. The lowest BCUT2D eigenvalue weighted by Gasteiger charge is -2.19. The monoisotopic (exact) mass is 598 g/mol. The largest absolute Gasteiger partial charge is 0.416 e. The quantitative estimate of drug-likeness (QED) is 0.173. The molecule has 3 aromatic carbocycles. The minimum atomic E-state index is -5.09. The van der Waals surface area contributed by atoms with Crippen molar-refractivity contribution < 1.29 is 31.1 Å². The zero-order valence-electron chi connectivity index (χ0n) is 20.9. The molecule has 40 heavy (non-hydrogen) atoms. The minimum Gasteiger partial charge on any atom is -0.342 e. The van der Waals surface area contributed by atoms with Gasteiger partial charge in [-0.3, -0.25) is 9.36 Å². The van der Waals surface area contributed by atoms with Crippen LogP contribution in [0.5, 0.6) is 0 Å². The van der Waals surface area contributed by atoms with E-state index in [9.17, 15) is 31.1 Å². The van der Waals surface area contributed by atoms with Crippen LogP contribution in [0.15, 0.2) is 71.9 Å². The first-order chi connectivity index (χ1) is 18.7. The highest BCUT2D eigenvalue weighted by Gasteiger charge is 2.37. The number of thioether (sulfide) groups is 1. The second kappa shape index (κ2) is 11.5. The van der Waals surface area contributed by atoms with Gasteiger partial charge < -0.3 is 5.32 Å². The number of aryl methyl sites for hydroxylation is 1. The van der Waals surface area contributed by atoms with Gasteiger partial charge in [0.05, 0.1) is 22.9 Å². The van der Waals surface area contributed by atoms with Crippen molar-refractivity contribution in [2.75, 3.05) is 0 Å². The molecule has 0 aliphatic rings. The van der Waals surface area contributed by atoms with Crippen molar-refractivity contribution in [3.63, 3.8) is 0 Å². The number of aromatic nitrogens is 3. The van der Waals surface area contributed by atoms with E-state index in [2.05, 4.69) is 15.5 Å². The summed E-state index contributed by atoms with van der Waals surface area (Å²) in [7, 11) is 0. The predicted molar refractivity (Wildman–Crippen MR) is 139 cm³/mol. The van der Waals surface area contributed by atoms with Gasteiger partial charge in [0.1, 0.15) is 0 Å². The molecule has 1 amide bonds. The maximum absolute atomic E-state index is 13.3. The fourth-order valence-corrected chi connectivity index (χ4v) is 4.93. The van der Waals surface area contributed by atoms with Gasteiger partial charge >= 0.3 is 12.4 Å². The molecule has 4 rings (SSSR count). The first-order valence-corrected chi connectivity index (χ1v) is 13.1. The number of alkyl halides is 6. The zero-order chi connectivity index (χ0) is 29.2. The van der Waals surface area contributed by atoms with Crippen LogP contribution in [-0.2, 0) is 18.1 Å². The average Bonchev–Trinajstić information content (AvgIpc) is 3.32. The topological polar surface area (TPSA) is 59.8 Å². The molecule has 1 aromatic heterocycles. The highest BCUT2D eigenvalue weighted by atomic mass is 35.5. The zero-order valence-corrected chi connectivity index (χ0v) is 22.5. The lowest BCUT2D eigenvalue weighted by Crippen LogP contribution is -2.29. The molecule has 1 N–H and O–H groups in total. The van der Waals surface area contributed by atoms with Gasteiger partial charge in [0.25, 0.3) is 5.91 Å². The molecule has 210 valence electrons. The Morgan fingerprint density at radius 2 is 1.57 bits per heavy atom. The number of rotatable bonds is 7. The van der Waals surface area contributed by atoms with Crippen LogP contribution in [0.25, 0.3) is 5.69 Å². The second-order valence-electron chi connectivity index (χ2n) is 8.87. The third kappa shape index (κ3) is 6.79. The lowest BCUT2D eigenvalue weighted by atomic mass is 10.0. The number of benzene rings is 3. The fraction of sp³-hybridized carbons (Fsp3) is 0.222. The highest BCUT2D eigenvalue weighted by molar-refractivity contribution is 7.98. The van der Waals surface area contributed by atoms with Crippen molar-refractivity contribution in [3.8, 4) is 5.69 Å². The summed E-state index contributed by atoms with van der Waals surface area (Å²) in [4.78, 5) is 12.9. The van der Waals surface area contributed by atoms with Crippen LogP contribution in [0.1, 0.15) is 51.4 Å². The molecule has 0 bridgehead atoms. The van der Waals surface area contributed by atoms with Gasteiger partial charge in [-0.15, -0.1) is 10.2 Å². The summed E-state index contributed by atoms with van der Waals surface area (Å²) < 4.78 is 81.5. The number of hydrogen-bond donors (Lipinski definition) is 1. The summed E-state index contributed by atoms with van der Waals surface area (Å²) in [6.45, 7) is 3.33. The van der Waals surface area contributed by atoms with Crippen LogP contribution in [0.3, 0.4) is 0 Å². The molecule has 0 saturated heterocycles. The first kappa shape index (κ1) is 29.5. The summed E-state index contributed by atoms with van der Waals surface area (Å²) in [5.74, 6) is -0.402. The van der Waals surface area contributed by atoms with Gasteiger partial charge in [0, 0.05) is 16.3 Å². The van der Waals surface area contributed by atoms with E-state index in [0.29, 0.717) is 33.8 Å². The normalized spacial score (nSPS) is 12.8. The predicted octanol–water partition coefficient (Wildman–Crippen LogP) is 8.05. The maximum Gasteiger partial charge on any atom is 0.416 e. The molecule has 0 spiro atoms. The number of carbonyl (C=O) groups is 1. The Morgan fingerprint density at radius 3 is 2.17 bits per heavy atom. The second-order valence-corrected chi connectivity index (χ2v) is 10.2. The van der Waals surface area contributed by atoms with Crippen molar-refractivity contribution in [1.82, 2.24) is 20.1 Å². The Morgan fingerprint density at radius 1 is 0.950 bits per heavy atom. The van der Waals surface area contributed by atoms with Gasteiger partial charge in [0.15, 0.2) is 11.0 Å². The fourth-order valence-electron chi connectivity index (χ4n) is 3.86. The molecular weight excluding hydrogens is 578 g/mol. The number of nitrogens with one attached hydrogen (secondary N) is 1. The Bertz CT molecular complexity index is 1490. The van der Waals surface area contributed by atoms with E-state index < -0.39 is 41.0 Å². The van der Waals surface area contributed by atoms with Crippen molar-refractivity contribution in [2.45, 2.75) is 43.2 Å². The highest BCUT2D eigenvalue weighted by Crippen LogP contribution is 2.37. The van der Waals surface area contributed by atoms with Crippen molar-refractivity contribution >= 4 is 29.3 Å². The SMILES string of the molecule is Cc1ccc(Cl)cc1-n1c(SCc2ccccc2)nnc1C(C)NC(=O)c1cc(C(F)(F)F)cc(C(F)(F)F)c1. The van der Waals surface area contributed by atoms with E-state index in [0.717, 1.165) is 11.1 Å². The minimum absolute atomic E-state index is 0.0327. The summed E-state index contributed by atoms with van der Waals surface area (Å²) in [5.41, 5.74) is -1.56. The Balaban J connectivity index is 1.70. The molecule has 4 aromatic rings. The van der Waals surface area contributed by atoms with Crippen LogP contribution < -0.4 is 5.32 Å². The molecule has 1 unspecified atom stereocenters. The van der Waals surface area contributed by atoms with Crippen molar-refractivity contribution in [1.29, 1.82) is 0 Å². The summed E-state index contributed by atoms with van der Waals surface area (Å²) in [5, 5.41) is 11.8. The molecular formula is C27H21ClF6N4OS. The molecule has 13 heteroatoms. The third-order valence-corrected chi connectivity index (χ3v) is 7.10. The Hall–Kier alpha value is -3.51. The van der Waals surface area contributed by atoms with Gasteiger partial charge in [-0.25, -0.2) is 0 Å². The molecule has 1 atom stereocenters. The van der Waals surface area contributed by atoms with Crippen molar-refractivity contribution in [2.24, 2.45) is 0 Å². The van der Waals surface area contributed by atoms with E-state index in [1.807, 2.05) is 37.3 Å². The Kier molecular flexibility index (Phi) is 8.50. The molecule has 5 nitrogen and oxygen atoms in total. The molecule has 0 saturated carbocycles. The van der Waals surface area contributed by atoms with Crippen LogP contribution in [0.2, 0.25) is 5.02 Å². The number of hydrogen-bond acceptors (Lipinski definition) is 4. The van der Waals surface area contributed by atoms with E-state index in [4.69, 9.17) is 11.6 Å². The molecule has 0 aliphatic heterocycles. The third-order valence-electron chi connectivity index (χ3n) is 5.87. The van der Waals surface area contributed by atoms with E-state index in [-0.39, 0.29) is 11.9 Å². The molecule has 1 heterocycles. The molecule has 0 radical (unpaired) electrons. The van der Waals surface area contributed by atoms with Gasteiger partial charge in [-0.05, 0) is 55.3 Å². The number of amides is 1. The van der Waals surface area contributed by atoms with Crippen LogP contribution in [-0.4, -0.2) is 20.7 Å².